The van der Waals surface area contributed by atoms with Crippen LogP contribution in [0.25, 0.3) is 27.6 Å². The van der Waals surface area contributed by atoms with Gasteiger partial charge in [0.1, 0.15) is 11.6 Å². The monoisotopic (exact) mass is 523 g/mol. The van der Waals surface area contributed by atoms with Crippen LogP contribution in [-0.4, -0.2) is 47.2 Å². The van der Waals surface area contributed by atoms with E-state index in [9.17, 15) is 8.42 Å². The highest BCUT2D eigenvalue weighted by Gasteiger charge is 2.24. The maximum Gasteiger partial charge on any atom is 0.211 e. The van der Waals surface area contributed by atoms with Gasteiger partial charge in [-0.05, 0) is 67.2 Å². The van der Waals surface area contributed by atoms with E-state index in [0.29, 0.717) is 42.6 Å². The van der Waals surface area contributed by atoms with Crippen molar-refractivity contribution in [3.8, 4) is 11.1 Å². The molecule has 2 aromatic carbocycles. The summed E-state index contributed by atoms with van der Waals surface area (Å²) in [6, 6.07) is 11.7. The van der Waals surface area contributed by atoms with Crippen molar-refractivity contribution in [1.29, 1.82) is 0 Å². The number of nitrogens with two attached hydrogens (primary N) is 1. The van der Waals surface area contributed by atoms with Crippen LogP contribution in [0, 0.1) is 13.8 Å². The van der Waals surface area contributed by atoms with E-state index >= 15 is 0 Å². The fraction of sp³-hybridized carbons (Fsp3) is 0.269. The Morgan fingerprint density at radius 2 is 1.97 bits per heavy atom. The first kappa shape index (κ1) is 24.4. The maximum absolute atomic E-state index is 11.9. The van der Waals surface area contributed by atoms with Gasteiger partial charge >= 0.3 is 0 Å². The van der Waals surface area contributed by atoms with Crippen LogP contribution in [0.1, 0.15) is 34.8 Å². The van der Waals surface area contributed by atoms with Gasteiger partial charge in [-0.1, -0.05) is 41.0 Å². The fourth-order valence-corrected chi connectivity index (χ4v) is 5.74. The third-order valence-electron chi connectivity index (χ3n) is 6.50. The third-order valence-corrected chi connectivity index (χ3v) is 8.01. The molecule has 10 heteroatoms. The zero-order chi connectivity index (χ0) is 25.6. The lowest BCUT2D eigenvalue weighted by Crippen LogP contribution is -2.33. The number of rotatable bonds is 5. The number of aryl methyl sites for hydroxylation is 2. The molecule has 1 aliphatic rings. The van der Waals surface area contributed by atoms with E-state index in [-0.39, 0.29) is 0 Å². The van der Waals surface area contributed by atoms with Crippen LogP contribution in [-0.2, 0) is 16.4 Å². The normalized spacial score (nSPS) is 14.8. The minimum absolute atomic E-state index is 0.292. The first-order valence-corrected chi connectivity index (χ1v) is 13.8. The summed E-state index contributed by atoms with van der Waals surface area (Å²) in [5, 5.41) is 5.57. The summed E-state index contributed by atoms with van der Waals surface area (Å²) in [6.07, 6.45) is 4.16. The maximum atomic E-state index is 11.9. The quantitative estimate of drug-likeness (QED) is 0.400. The molecule has 8 nitrogen and oxygen atoms in total. The van der Waals surface area contributed by atoms with E-state index in [1.807, 2.05) is 56.3 Å². The Bertz CT molecular complexity index is 1610. The summed E-state index contributed by atoms with van der Waals surface area (Å²) in [4.78, 5) is 9.51. The molecule has 0 amide bonds. The molecular formula is C26H26ClN5O3S. The predicted octanol–water partition coefficient (Wildman–Crippen LogP) is 4.78. The molecule has 0 spiro atoms. The molecule has 2 N–H and O–H groups in total. The van der Waals surface area contributed by atoms with Crippen molar-refractivity contribution in [2.45, 2.75) is 26.7 Å². The second kappa shape index (κ2) is 9.31. The van der Waals surface area contributed by atoms with Crippen LogP contribution in [0.2, 0.25) is 5.02 Å². The van der Waals surface area contributed by atoms with Gasteiger partial charge < -0.3 is 10.3 Å². The van der Waals surface area contributed by atoms with Gasteiger partial charge in [0.25, 0.3) is 0 Å². The van der Waals surface area contributed by atoms with E-state index < -0.39 is 10.0 Å². The second-order valence-electron chi connectivity index (χ2n) is 9.02. The Morgan fingerprint density at radius 3 is 2.61 bits per heavy atom. The van der Waals surface area contributed by atoms with Crippen LogP contribution < -0.4 is 5.73 Å². The SMILES string of the molecule is Cc1noc(C)c1-c1ccc2nc(C3=CCN(S(C)(=O)=O)CC3)nc(N)c2c1Cc1cccc(Cl)c1. The Hall–Kier alpha value is -3.27. The van der Waals surface area contributed by atoms with Gasteiger partial charge in [-0.2, -0.15) is 4.31 Å². The lowest BCUT2D eigenvalue weighted by Gasteiger charge is -2.24. The van der Waals surface area contributed by atoms with Gasteiger partial charge in [-0.25, -0.2) is 18.4 Å². The van der Waals surface area contributed by atoms with Gasteiger partial charge in [0, 0.05) is 29.1 Å². The van der Waals surface area contributed by atoms with E-state index in [1.54, 1.807) is 0 Å². The van der Waals surface area contributed by atoms with Gasteiger partial charge in [-0.3, -0.25) is 0 Å². The first-order valence-electron chi connectivity index (χ1n) is 11.5. The molecule has 0 radical (unpaired) electrons. The molecule has 0 saturated heterocycles. The molecular weight excluding hydrogens is 498 g/mol. The Kier molecular flexibility index (Phi) is 6.32. The highest BCUT2D eigenvalue weighted by Crippen LogP contribution is 2.38. The summed E-state index contributed by atoms with van der Waals surface area (Å²) in [5.41, 5.74) is 12.9. The number of anilines is 1. The number of halogens is 1. The van der Waals surface area contributed by atoms with Crippen LogP contribution in [0.3, 0.4) is 0 Å². The topological polar surface area (TPSA) is 115 Å². The molecule has 0 aliphatic carbocycles. The van der Waals surface area contributed by atoms with E-state index in [1.165, 1.54) is 10.6 Å². The molecule has 2 aromatic heterocycles. The molecule has 5 rings (SSSR count). The van der Waals surface area contributed by atoms with Crippen LogP contribution in [0.15, 0.2) is 47.0 Å². The van der Waals surface area contributed by atoms with Crippen LogP contribution in [0.5, 0.6) is 0 Å². The first-order chi connectivity index (χ1) is 17.1. The van der Waals surface area contributed by atoms with Crippen molar-refractivity contribution < 1.29 is 12.9 Å². The molecule has 1 aliphatic heterocycles. The summed E-state index contributed by atoms with van der Waals surface area (Å²) >= 11 is 6.27. The van der Waals surface area contributed by atoms with Gasteiger partial charge in [0.15, 0.2) is 5.82 Å². The summed E-state index contributed by atoms with van der Waals surface area (Å²) in [7, 11) is -3.25. The number of benzene rings is 2. The molecule has 0 bridgehead atoms. The number of fused-ring (bicyclic) bond motifs is 1. The number of hydrogen-bond acceptors (Lipinski definition) is 7. The Labute approximate surface area is 214 Å². The lowest BCUT2D eigenvalue weighted by atomic mass is 9.90. The van der Waals surface area contributed by atoms with Crippen molar-refractivity contribution in [2.24, 2.45) is 0 Å². The van der Waals surface area contributed by atoms with Gasteiger partial charge in [-0.15, -0.1) is 0 Å². The number of nitrogen functional groups attached to an aromatic ring is 1. The van der Waals surface area contributed by atoms with E-state index in [2.05, 4.69) is 10.1 Å². The highest BCUT2D eigenvalue weighted by atomic mass is 35.5. The molecule has 36 heavy (non-hydrogen) atoms. The van der Waals surface area contributed by atoms with Crippen molar-refractivity contribution in [3.05, 3.63) is 75.9 Å². The molecule has 3 heterocycles. The lowest BCUT2D eigenvalue weighted by molar-refractivity contribution is 0.393. The number of nitrogens with zero attached hydrogens (tertiary/aromatic N) is 4. The highest BCUT2D eigenvalue weighted by molar-refractivity contribution is 7.88. The average molecular weight is 524 g/mol. The van der Waals surface area contributed by atoms with E-state index in [4.69, 9.17) is 26.8 Å². The van der Waals surface area contributed by atoms with Crippen molar-refractivity contribution in [3.63, 3.8) is 0 Å². The minimum atomic E-state index is -3.25. The second-order valence-corrected chi connectivity index (χ2v) is 11.4. The smallest absolute Gasteiger partial charge is 0.211 e. The number of hydrogen-bond donors (Lipinski definition) is 1. The summed E-state index contributed by atoms with van der Waals surface area (Å²) in [5.74, 6) is 1.61. The van der Waals surface area contributed by atoms with Crippen molar-refractivity contribution >= 4 is 43.9 Å². The van der Waals surface area contributed by atoms with Crippen molar-refractivity contribution in [1.82, 2.24) is 19.4 Å². The number of aromatic nitrogens is 3. The molecule has 0 atom stereocenters. The molecule has 0 fully saturated rings. The average Bonchev–Trinajstić information content (AvgIpc) is 3.16. The Morgan fingerprint density at radius 1 is 1.17 bits per heavy atom. The summed E-state index contributed by atoms with van der Waals surface area (Å²) < 4.78 is 30.6. The molecule has 4 aromatic rings. The largest absolute Gasteiger partial charge is 0.383 e. The van der Waals surface area contributed by atoms with Crippen LogP contribution in [0.4, 0.5) is 5.82 Å². The fourth-order valence-electron chi connectivity index (χ4n) is 4.76. The minimum Gasteiger partial charge on any atom is -0.383 e. The predicted molar refractivity (Wildman–Crippen MR) is 142 cm³/mol. The standard InChI is InChI=1S/C26H26ClN5O3S/c1-15-23(16(2)35-31-15)20-7-8-22-24(21(20)14-17-5-4-6-19(27)13-17)25(28)30-26(29-22)18-9-11-32(12-10-18)36(3,33)34/h4-9,13H,10-12,14H2,1-3H3,(H2,28,29,30). The van der Waals surface area contributed by atoms with Crippen LogP contribution >= 0.6 is 11.6 Å². The van der Waals surface area contributed by atoms with Crippen molar-refractivity contribution in [2.75, 3.05) is 25.1 Å². The zero-order valence-electron chi connectivity index (χ0n) is 20.2. The Balaban J connectivity index is 1.66. The molecule has 0 saturated carbocycles. The third kappa shape index (κ3) is 4.61. The zero-order valence-corrected chi connectivity index (χ0v) is 21.8. The van der Waals surface area contributed by atoms with E-state index in [0.717, 1.165) is 50.2 Å². The molecule has 0 unspecified atom stereocenters. The molecule has 186 valence electrons. The van der Waals surface area contributed by atoms with Gasteiger partial charge in [0.2, 0.25) is 10.0 Å². The van der Waals surface area contributed by atoms with Gasteiger partial charge in [0.05, 0.1) is 17.5 Å². The summed E-state index contributed by atoms with van der Waals surface area (Å²) in [6.45, 7) is 4.48. The number of sulfonamides is 1.